The van der Waals surface area contributed by atoms with Crippen LogP contribution in [0.4, 0.5) is 5.13 Å². The van der Waals surface area contributed by atoms with Gasteiger partial charge in [0.15, 0.2) is 5.13 Å². The van der Waals surface area contributed by atoms with Crippen molar-refractivity contribution in [1.82, 2.24) is 9.97 Å². The molecule has 2 aromatic carbocycles. The van der Waals surface area contributed by atoms with Crippen LogP contribution in [0, 0.1) is 0 Å². The number of aliphatic hydroxyl groups is 1. The summed E-state index contributed by atoms with van der Waals surface area (Å²) in [7, 11) is 1.59. The monoisotopic (exact) mass is 499 g/mol. The minimum absolute atomic E-state index is 0.0199. The Labute approximate surface area is 212 Å². The lowest BCUT2D eigenvalue weighted by molar-refractivity contribution is -0.132. The minimum atomic E-state index is -0.838. The van der Waals surface area contributed by atoms with Crippen molar-refractivity contribution in [2.24, 2.45) is 0 Å². The van der Waals surface area contributed by atoms with E-state index < -0.39 is 17.7 Å². The van der Waals surface area contributed by atoms with Crippen LogP contribution < -0.4 is 9.64 Å². The van der Waals surface area contributed by atoms with Crippen molar-refractivity contribution in [2.45, 2.75) is 32.2 Å². The molecule has 36 heavy (non-hydrogen) atoms. The van der Waals surface area contributed by atoms with Gasteiger partial charge in [0.2, 0.25) is 0 Å². The van der Waals surface area contributed by atoms with Crippen molar-refractivity contribution in [2.75, 3.05) is 12.0 Å². The first-order valence-electron chi connectivity index (χ1n) is 11.5. The van der Waals surface area contributed by atoms with Crippen LogP contribution in [0.2, 0.25) is 0 Å². The number of hydrogen-bond donors (Lipinski definition) is 1. The third-order valence-corrected chi connectivity index (χ3v) is 7.30. The summed E-state index contributed by atoms with van der Waals surface area (Å²) in [6, 6.07) is 15.6. The van der Waals surface area contributed by atoms with Gasteiger partial charge in [-0.2, -0.15) is 0 Å². The zero-order valence-electron chi connectivity index (χ0n) is 20.4. The summed E-state index contributed by atoms with van der Waals surface area (Å²) in [5, 5.41) is 11.6. The Balaban J connectivity index is 1.70. The lowest BCUT2D eigenvalue weighted by Crippen LogP contribution is -2.29. The van der Waals surface area contributed by atoms with E-state index in [1.165, 1.54) is 28.6 Å². The van der Waals surface area contributed by atoms with Crippen molar-refractivity contribution in [3.63, 3.8) is 0 Å². The fourth-order valence-electron chi connectivity index (χ4n) is 4.30. The molecule has 0 spiro atoms. The van der Waals surface area contributed by atoms with Crippen molar-refractivity contribution >= 4 is 44.1 Å². The van der Waals surface area contributed by atoms with Gasteiger partial charge in [-0.1, -0.05) is 56.4 Å². The lowest BCUT2D eigenvalue weighted by Gasteiger charge is -2.24. The number of fused-ring (bicyclic) bond motifs is 1. The molecule has 3 heterocycles. The third kappa shape index (κ3) is 4.03. The van der Waals surface area contributed by atoms with Crippen LogP contribution in [0.1, 0.15) is 43.5 Å². The normalized spacial score (nSPS) is 17.7. The van der Waals surface area contributed by atoms with Gasteiger partial charge in [0.1, 0.15) is 11.5 Å². The Kier molecular flexibility index (Phi) is 5.84. The van der Waals surface area contributed by atoms with Crippen LogP contribution in [0.25, 0.3) is 16.0 Å². The van der Waals surface area contributed by atoms with Crippen molar-refractivity contribution in [3.05, 3.63) is 89.3 Å². The molecule has 1 unspecified atom stereocenters. The van der Waals surface area contributed by atoms with Gasteiger partial charge >= 0.3 is 5.91 Å². The molecule has 0 saturated carbocycles. The number of aromatic nitrogens is 2. The molecule has 1 N–H and O–H groups in total. The number of ether oxygens (including phenoxy) is 1. The number of methoxy groups -OCH3 is 1. The third-order valence-electron chi connectivity index (χ3n) is 6.28. The number of carbonyl (C=O) groups is 2. The Morgan fingerprint density at radius 3 is 2.36 bits per heavy atom. The maximum absolute atomic E-state index is 13.4. The van der Waals surface area contributed by atoms with E-state index in [0.29, 0.717) is 27.5 Å². The molecule has 1 aliphatic heterocycles. The highest BCUT2D eigenvalue weighted by atomic mass is 32.1. The molecule has 2 aromatic heterocycles. The number of amides is 1. The van der Waals surface area contributed by atoms with Crippen LogP contribution in [0.5, 0.6) is 5.75 Å². The molecule has 1 aliphatic rings. The van der Waals surface area contributed by atoms with Gasteiger partial charge in [-0.25, -0.2) is 4.98 Å². The second-order valence-electron chi connectivity index (χ2n) is 9.61. The molecule has 8 heteroatoms. The van der Waals surface area contributed by atoms with Crippen molar-refractivity contribution in [1.29, 1.82) is 0 Å². The summed E-state index contributed by atoms with van der Waals surface area (Å²) in [5.41, 5.74) is 2.87. The standard InChI is InChI=1S/C28H25N3O4S/c1-28(2,3)18-7-5-16(6-8-18)23-22(24(32)17-11-13-29-14-12-17)25(33)26(34)31(23)27-30-20-10-9-19(35-4)15-21(20)36-27/h5-15,23,32H,1-4H3/b24-22+. The smallest absolute Gasteiger partial charge is 0.301 e. The summed E-state index contributed by atoms with van der Waals surface area (Å²) < 4.78 is 6.14. The summed E-state index contributed by atoms with van der Waals surface area (Å²) in [4.78, 5) is 36.8. The van der Waals surface area contributed by atoms with E-state index in [-0.39, 0.29) is 16.7 Å². The van der Waals surface area contributed by atoms with Crippen molar-refractivity contribution in [3.8, 4) is 5.75 Å². The number of carbonyl (C=O) groups excluding carboxylic acids is 2. The predicted molar refractivity (Wildman–Crippen MR) is 140 cm³/mol. The lowest BCUT2D eigenvalue weighted by atomic mass is 9.85. The number of pyridine rings is 1. The molecular formula is C28H25N3O4S. The van der Waals surface area contributed by atoms with Gasteiger partial charge in [-0.15, -0.1) is 0 Å². The highest BCUT2D eigenvalue weighted by Gasteiger charge is 2.48. The van der Waals surface area contributed by atoms with E-state index in [0.717, 1.165) is 10.3 Å². The fourth-order valence-corrected chi connectivity index (χ4v) is 5.32. The van der Waals surface area contributed by atoms with E-state index in [2.05, 4.69) is 30.7 Å². The highest BCUT2D eigenvalue weighted by molar-refractivity contribution is 7.22. The van der Waals surface area contributed by atoms with Crippen LogP contribution in [0.15, 0.2) is 72.6 Å². The Morgan fingerprint density at radius 1 is 1.03 bits per heavy atom. The molecule has 1 saturated heterocycles. The summed E-state index contributed by atoms with van der Waals surface area (Å²) in [6.45, 7) is 6.35. The molecule has 4 aromatic rings. The largest absolute Gasteiger partial charge is 0.507 e. The van der Waals surface area contributed by atoms with Gasteiger partial charge in [-0.3, -0.25) is 19.5 Å². The number of Topliss-reactive ketones (excluding diaryl/α,β-unsaturated/α-hetero) is 1. The Morgan fingerprint density at radius 2 is 1.72 bits per heavy atom. The molecule has 5 rings (SSSR count). The number of hydrogen-bond acceptors (Lipinski definition) is 7. The quantitative estimate of drug-likeness (QED) is 0.222. The molecule has 0 radical (unpaired) electrons. The number of anilines is 1. The van der Waals surface area contributed by atoms with E-state index in [9.17, 15) is 14.7 Å². The summed E-state index contributed by atoms with van der Waals surface area (Å²) in [5.74, 6) is -1.06. The first kappa shape index (κ1) is 23.7. The Bertz CT molecular complexity index is 1500. The average Bonchev–Trinajstić information content (AvgIpc) is 3.41. The van der Waals surface area contributed by atoms with Crippen molar-refractivity contribution < 1.29 is 19.4 Å². The van der Waals surface area contributed by atoms with Gasteiger partial charge < -0.3 is 9.84 Å². The molecule has 1 amide bonds. The fraction of sp³-hybridized carbons (Fsp3) is 0.214. The number of benzene rings is 2. The number of nitrogens with zero attached hydrogens (tertiary/aromatic N) is 3. The molecule has 1 atom stereocenters. The van der Waals surface area contributed by atoms with E-state index >= 15 is 0 Å². The molecule has 0 bridgehead atoms. The first-order chi connectivity index (χ1) is 17.2. The number of rotatable bonds is 4. The molecule has 0 aliphatic carbocycles. The van der Waals surface area contributed by atoms with E-state index in [1.54, 1.807) is 25.3 Å². The molecular weight excluding hydrogens is 474 g/mol. The van der Waals surface area contributed by atoms with Crippen LogP contribution in [-0.4, -0.2) is 33.9 Å². The topological polar surface area (TPSA) is 92.6 Å². The number of aliphatic hydroxyl groups excluding tert-OH is 1. The van der Waals surface area contributed by atoms with Crippen LogP contribution >= 0.6 is 11.3 Å². The van der Waals surface area contributed by atoms with Gasteiger partial charge in [0.05, 0.1) is 28.9 Å². The zero-order valence-corrected chi connectivity index (χ0v) is 21.2. The van der Waals surface area contributed by atoms with Gasteiger partial charge in [0.25, 0.3) is 5.78 Å². The Hall–Kier alpha value is -4.04. The number of thiazole rings is 1. The minimum Gasteiger partial charge on any atom is -0.507 e. The van der Waals surface area contributed by atoms with E-state index in [4.69, 9.17) is 4.74 Å². The van der Waals surface area contributed by atoms with Crippen LogP contribution in [-0.2, 0) is 15.0 Å². The highest BCUT2D eigenvalue weighted by Crippen LogP contribution is 2.44. The summed E-state index contributed by atoms with van der Waals surface area (Å²) in [6.07, 6.45) is 3.05. The zero-order chi connectivity index (χ0) is 25.6. The second kappa shape index (κ2) is 8.87. The summed E-state index contributed by atoms with van der Waals surface area (Å²) >= 11 is 1.29. The van der Waals surface area contributed by atoms with Crippen LogP contribution in [0.3, 0.4) is 0 Å². The first-order valence-corrected chi connectivity index (χ1v) is 12.3. The molecule has 1 fully saturated rings. The second-order valence-corrected chi connectivity index (χ2v) is 10.6. The maximum Gasteiger partial charge on any atom is 0.301 e. The SMILES string of the molecule is COc1ccc2nc(N3C(=O)C(=O)/C(=C(/O)c4ccncc4)C3c3ccc(C(C)(C)C)cc3)sc2c1. The average molecular weight is 500 g/mol. The molecule has 182 valence electrons. The maximum atomic E-state index is 13.4. The van der Waals surface area contributed by atoms with E-state index in [1.807, 2.05) is 36.4 Å². The molecule has 7 nitrogen and oxygen atoms in total. The van der Waals surface area contributed by atoms with Gasteiger partial charge in [0, 0.05) is 18.0 Å². The number of ketones is 1. The van der Waals surface area contributed by atoms with Gasteiger partial charge in [-0.05, 0) is 46.9 Å². The predicted octanol–water partition coefficient (Wildman–Crippen LogP) is 5.62.